The molecular weight excluding hydrogens is 380 g/mol. The van der Waals surface area contributed by atoms with E-state index in [9.17, 15) is 9.59 Å². The van der Waals surface area contributed by atoms with Gasteiger partial charge in [-0.25, -0.2) is 0 Å². The van der Waals surface area contributed by atoms with Crippen LogP contribution in [0.2, 0.25) is 0 Å². The average Bonchev–Trinajstić information content (AvgIpc) is 2.71. The lowest BCUT2D eigenvalue weighted by atomic mass is 10.1. The number of thioether (sulfide) groups is 1. The van der Waals surface area contributed by atoms with Crippen LogP contribution in [0.25, 0.3) is 0 Å². The summed E-state index contributed by atoms with van der Waals surface area (Å²) in [5.41, 5.74) is 5.41. The molecule has 4 nitrogen and oxygen atoms in total. The molecule has 3 rings (SSSR count). The molecule has 0 aromatic heterocycles. The van der Waals surface area contributed by atoms with E-state index in [4.69, 9.17) is 0 Å². The van der Waals surface area contributed by atoms with Gasteiger partial charge in [-0.1, -0.05) is 30.3 Å². The molecule has 2 amide bonds. The Morgan fingerprint density at radius 1 is 0.793 bits per heavy atom. The monoisotopic (exact) mass is 404 g/mol. The van der Waals surface area contributed by atoms with Gasteiger partial charge in [0.15, 0.2) is 0 Å². The van der Waals surface area contributed by atoms with Crippen LogP contribution in [0.15, 0.2) is 71.6 Å². The molecule has 2 N–H and O–H groups in total. The largest absolute Gasteiger partial charge is 0.325 e. The van der Waals surface area contributed by atoms with Gasteiger partial charge in [-0.3, -0.25) is 9.59 Å². The second-order valence-electron chi connectivity index (χ2n) is 6.88. The molecule has 0 saturated carbocycles. The first-order chi connectivity index (χ1) is 13.9. The van der Waals surface area contributed by atoms with E-state index in [1.165, 1.54) is 11.8 Å². The van der Waals surface area contributed by atoms with E-state index >= 15 is 0 Å². The third-order valence-corrected chi connectivity index (χ3v) is 5.76. The third-order valence-electron chi connectivity index (χ3n) is 4.75. The number of amides is 2. The number of rotatable bonds is 6. The number of carbonyl (C=O) groups is 2. The van der Waals surface area contributed by atoms with Crippen molar-refractivity contribution in [1.29, 1.82) is 0 Å². The van der Waals surface area contributed by atoms with Crippen molar-refractivity contribution >= 4 is 35.0 Å². The first kappa shape index (κ1) is 20.7. The SMILES string of the molecule is Cc1ccccc1C(=O)Nc1ccc(SCC(=O)Nc2cccc(C)c2C)cc1. The van der Waals surface area contributed by atoms with Gasteiger partial charge >= 0.3 is 0 Å². The van der Waals surface area contributed by atoms with E-state index in [-0.39, 0.29) is 11.8 Å². The second kappa shape index (κ2) is 9.43. The first-order valence-electron chi connectivity index (χ1n) is 9.40. The lowest BCUT2D eigenvalue weighted by Gasteiger charge is -2.10. The van der Waals surface area contributed by atoms with Gasteiger partial charge in [-0.15, -0.1) is 11.8 Å². The molecule has 0 aliphatic rings. The van der Waals surface area contributed by atoms with Gasteiger partial charge < -0.3 is 10.6 Å². The van der Waals surface area contributed by atoms with E-state index in [2.05, 4.69) is 10.6 Å². The molecule has 0 aliphatic heterocycles. The van der Waals surface area contributed by atoms with Crippen LogP contribution in [-0.2, 0) is 4.79 Å². The lowest BCUT2D eigenvalue weighted by Crippen LogP contribution is -2.15. The summed E-state index contributed by atoms with van der Waals surface area (Å²) in [6, 6.07) is 20.9. The van der Waals surface area contributed by atoms with E-state index in [0.717, 1.165) is 33.0 Å². The van der Waals surface area contributed by atoms with Crippen LogP contribution in [0.3, 0.4) is 0 Å². The predicted octanol–water partition coefficient (Wildman–Crippen LogP) is 5.59. The zero-order valence-electron chi connectivity index (χ0n) is 16.8. The standard InChI is InChI=1S/C24H24N2O2S/c1-16-8-6-10-22(18(16)3)26-23(27)15-29-20-13-11-19(12-14-20)25-24(28)21-9-5-4-7-17(21)2/h4-14H,15H2,1-3H3,(H,25,28)(H,26,27). The predicted molar refractivity (Wildman–Crippen MR) is 121 cm³/mol. The van der Waals surface area contributed by atoms with Crippen molar-refractivity contribution in [3.05, 3.63) is 89.0 Å². The van der Waals surface area contributed by atoms with Crippen LogP contribution in [0.4, 0.5) is 11.4 Å². The van der Waals surface area contributed by atoms with E-state index < -0.39 is 0 Å². The zero-order chi connectivity index (χ0) is 20.8. The molecule has 0 spiro atoms. The van der Waals surface area contributed by atoms with Gasteiger partial charge in [0.2, 0.25) is 5.91 Å². The van der Waals surface area contributed by atoms with Crippen LogP contribution in [0.5, 0.6) is 0 Å². The maximum absolute atomic E-state index is 12.4. The summed E-state index contributed by atoms with van der Waals surface area (Å²) >= 11 is 1.46. The number of nitrogens with one attached hydrogen (secondary N) is 2. The summed E-state index contributed by atoms with van der Waals surface area (Å²) in [5.74, 6) is 0.152. The molecule has 0 heterocycles. The maximum Gasteiger partial charge on any atom is 0.255 e. The van der Waals surface area contributed by atoms with Crippen molar-refractivity contribution in [2.24, 2.45) is 0 Å². The second-order valence-corrected chi connectivity index (χ2v) is 7.93. The van der Waals surface area contributed by atoms with Gasteiger partial charge in [-0.2, -0.15) is 0 Å². The van der Waals surface area contributed by atoms with Crippen molar-refractivity contribution in [3.63, 3.8) is 0 Å². The number of hydrogen-bond acceptors (Lipinski definition) is 3. The highest BCUT2D eigenvalue weighted by Crippen LogP contribution is 2.22. The quantitative estimate of drug-likeness (QED) is 0.526. The van der Waals surface area contributed by atoms with Crippen molar-refractivity contribution in [1.82, 2.24) is 0 Å². The van der Waals surface area contributed by atoms with Crippen LogP contribution in [0, 0.1) is 20.8 Å². The van der Waals surface area contributed by atoms with E-state index in [1.54, 1.807) is 0 Å². The molecule has 3 aromatic rings. The Labute approximate surface area is 175 Å². The molecular formula is C24H24N2O2S. The number of anilines is 2. The van der Waals surface area contributed by atoms with Gasteiger partial charge in [0.25, 0.3) is 5.91 Å². The Bertz CT molecular complexity index is 1030. The number of hydrogen-bond donors (Lipinski definition) is 2. The Balaban J connectivity index is 1.54. The Kier molecular flexibility index (Phi) is 6.73. The van der Waals surface area contributed by atoms with Crippen molar-refractivity contribution in [2.75, 3.05) is 16.4 Å². The molecule has 0 aliphatic carbocycles. The fourth-order valence-corrected chi connectivity index (χ4v) is 3.58. The lowest BCUT2D eigenvalue weighted by molar-refractivity contribution is -0.113. The smallest absolute Gasteiger partial charge is 0.255 e. The molecule has 0 fully saturated rings. The Hall–Kier alpha value is -3.05. The minimum absolute atomic E-state index is 0.0411. The molecule has 29 heavy (non-hydrogen) atoms. The van der Waals surface area contributed by atoms with Crippen LogP contribution in [0.1, 0.15) is 27.0 Å². The third kappa shape index (κ3) is 5.48. The molecule has 0 unspecified atom stereocenters. The zero-order valence-corrected chi connectivity index (χ0v) is 17.6. The molecule has 0 bridgehead atoms. The van der Waals surface area contributed by atoms with Crippen molar-refractivity contribution < 1.29 is 9.59 Å². The Morgan fingerprint density at radius 2 is 1.48 bits per heavy atom. The molecule has 5 heteroatoms. The topological polar surface area (TPSA) is 58.2 Å². The molecule has 0 radical (unpaired) electrons. The fraction of sp³-hybridized carbons (Fsp3) is 0.167. The van der Waals surface area contributed by atoms with Crippen LogP contribution < -0.4 is 10.6 Å². The maximum atomic E-state index is 12.4. The summed E-state index contributed by atoms with van der Waals surface area (Å²) in [6.45, 7) is 5.94. The van der Waals surface area contributed by atoms with Gasteiger partial charge in [0.05, 0.1) is 5.75 Å². The molecule has 0 saturated heterocycles. The fourth-order valence-electron chi connectivity index (χ4n) is 2.88. The number of aryl methyl sites for hydroxylation is 2. The average molecular weight is 405 g/mol. The normalized spacial score (nSPS) is 10.4. The number of benzene rings is 3. The summed E-state index contributed by atoms with van der Waals surface area (Å²) in [5, 5.41) is 5.87. The van der Waals surface area contributed by atoms with Crippen molar-refractivity contribution in [2.45, 2.75) is 25.7 Å². The van der Waals surface area contributed by atoms with Gasteiger partial charge in [0.1, 0.15) is 0 Å². The minimum Gasteiger partial charge on any atom is -0.325 e. The molecule has 0 atom stereocenters. The first-order valence-corrected chi connectivity index (χ1v) is 10.4. The summed E-state index contributed by atoms with van der Waals surface area (Å²) < 4.78 is 0. The molecule has 148 valence electrons. The highest BCUT2D eigenvalue weighted by atomic mass is 32.2. The Morgan fingerprint density at radius 3 is 2.21 bits per heavy atom. The summed E-state index contributed by atoms with van der Waals surface area (Å²) in [4.78, 5) is 25.6. The molecule has 3 aromatic carbocycles. The highest BCUT2D eigenvalue weighted by Gasteiger charge is 2.09. The van der Waals surface area contributed by atoms with Crippen molar-refractivity contribution in [3.8, 4) is 0 Å². The summed E-state index contributed by atoms with van der Waals surface area (Å²) in [7, 11) is 0. The minimum atomic E-state index is -0.128. The van der Waals surface area contributed by atoms with Crippen LogP contribution >= 0.6 is 11.8 Å². The van der Waals surface area contributed by atoms with Gasteiger partial charge in [-0.05, 0) is 73.9 Å². The van der Waals surface area contributed by atoms with E-state index in [0.29, 0.717) is 11.3 Å². The number of carbonyl (C=O) groups excluding carboxylic acids is 2. The summed E-state index contributed by atoms with van der Waals surface area (Å²) in [6.07, 6.45) is 0. The van der Waals surface area contributed by atoms with Gasteiger partial charge in [0, 0.05) is 21.8 Å². The van der Waals surface area contributed by atoms with Crippen LogP contribution in [-0.4, -0.2) is 17.6 Å². The highest BCUT2D eigenvalue weighted by molar-refractivity contribution is 8.00. The van der Waals surface area contributed by atoms with E-state index in [1.807, 2.05) is 87.5 Å².